The van der Waals surface area contributed by atoms with Gasteiger partial charge in [-0.2, -0.15) is 5.10 Å². The fourth-order valence-electron chi connectivity index (χ4n) is 0.307. The highest BCUT2D eigenvalue weighted by atomic mass is 35.5. The quantitative estimate of drug-likeness (QED) is 0.293. The van der Waals surface area contributed by atoms with Gasteiger partial charge in [-0.05, 0) is 12.2 Å². The number of hydrazone groups is 1. The van der Waals surface area contributed by atoms with Gasteiger partial charge in [0.1, 0.15) is 0 Å². The number of halogens is 2. The van der Waals surface area contributed by atoms with Crippen molar-refractivity contribution >= 4 is 52.7 Å². The number of hydrogen-bond donors (Lipinski definition) is 2. The zero-order valence-electron chi connectivity index (χ0n) is 6.08. The van der Waals surface area contributed by atoms with Crippen LogP contribution in [-0.4, -0.2) is 17.3 Å². The summed E-state index contributed by atoms with van der Waals surface area (Å²) in [4.78, 5) is 10.1. The van der Waals surface area contributed by atoms with Gasteiger partial charge in [0, 0.05) is 0 Å². The van der Waals surface area contributed by atoms with E-state index in [0.717, 1.165) is 6.21 Å². The van der Waals surface area contributed by atoms with Crippen molar-refractivity contribution in [3.8, 4) is 0 Å². The van der Waals surface area contributed by atoms with Gasteiger partial charge >= 0.3 is 0 Å². The Balaban J connectivity index is 4.36. The predicted molar refractivity (Wildman–Crippen MR) is 52.2 cm³/mol. The van der Waals surface area contributed by atoms with Crippen LogP contribution in [0.1, 0.15) is 0 Å². The first-order valence-electron chi connectivity index (χ1n) is 2.80. The van der Waals surface area contributed by atoms with Crippen LogP contribution in [0.5, 0.6) is 0 Å². The smallest absolute Gasteiger partial charge is 0.184 e. The third-order valence-electron chi connectivity index (χ3n) is 0.742. The van der Waals surface area contributed by atoms with Gasteiger partial charge in [0.2, 0.25) is 0 Å². The van der Waals surface area contributed by atoms with Crippen molar-refractivity contribution in [2.75, 3.05) is 0 Å². The van der Waals surface area contributed by atoms with Gasteiger partial charge < -0.3 is 15.6 Å². The van der Waals surface area contributed by atoms with E-state index in [1.165, 1.54) is 0 Å². The van der Waals surface area contributed by atoms with Crippen molar-refractivity contribution < 1.29 is 9.90 Å². The minimum atomic E-state index is -1.59. The van der Waals surface area contributed by atoms with Crippen molar-refractivity contribution in [3.63, 3.8) is 0 Å². The maximum atomic E-state index is 10.1. The molecule has 0 unspecified atom stereocenters. The second kappa shape index (κ2) is 5.74. The number of carboxylic acid groups (broad SMARTS) is 1. The Labute approximate surface area is 89.2 Å². The summed E-state index contributed by atoms with van der Waals surface area (Å²) in [5.74, 6) is -1.59. The molecule has 8 heteroatoms. The SMILES string of the molecule is NC(=S)N/N=C\C(Cl)=C(\Cl)C(=O)[O-]. The number of thiocarbonyl (C=S) groups is 1. The second-order valence-electron chi connectivity index (χ2n) is 1.68. The van der Waals surface area contributed by atoms with E-state index in [-0.39, 0.29) is 10.1 Å². The molecule has 0 saturated carbocycles. The summed E-state index contributed by atoms with van der Waals surface area (Å²) >= 11 is 14.9. The summed E-state index contributed by atoms with van der Waals surface area (Å²) < 4.78 is 0. The highest BCUT2D eigenvalue weighted by Gasteiger charge is 1.99. The standard InChI is InChI=1S/C5H5Cl2N3O2S/c6-2(3(7)4(11)12)1-9-10-5(8)13/h1H,(H,11,12)(H3,8,10,13)/p-1/b3-2-,9-1-. The molecule has 72 valence electrons. The van der Waals surface area contributed by atoms with Crippen LogP contribution in [0.4, 0.5) is 0 Å². The zero-order chi connectivity index (χ0) is 10.4. The summed E-state index contributed by atoms with van der Waals surface area (Å²) in [7, 11) is 0. The average molecular weight is 241 g/mol. The Morgan fingerprint density at radius 2 is 2.15 bits per heavy atom. The van der Waals surface area contributed by atoms with E-state index >= 15 is 0 Å². The monoisotopic (exact) mass is 240 g/mol. The summed E-state index contributed by atoms with van der Waals surface area (Å²) in [6.07, 6.45) is 0.943. The second-order valence-corrected chi connectivity index (χ2v) is 2.91. The lowest BCUT2D eigenvalue weighted by molar-refractivity contribution is -0.298. The highest BCUT2D eigenvalue weighted by molar-refractivity contribution is 7.80. The van der Waals surface area contributed by atoms with E-state index in [1.54, 1.807) is 0 Å². The molecule has 0 aromatic carbocycles. The van der Waals surface area contributed by atoms with Gasteiger partial charge in [-0.15, -0.1) is 0 Å². The lowest BCUT2D eigenvalue weighted by atomic mass is 10.5. The molecule has 13 heavy (non-hydrogen) atoms. The molecule has 0 rings (SSSR count). The number of nitrogens with zero attached hydrogens (tertiary/aromatic N) is 1. The lowest BCUT2D eigenvalue weighted by Gasteiger charge is -1.99. The number of rotatable bonds is 3. The van der Waals surface area contributed by atoms with E-state index in [0.29, 0.717) is 0 Å². The van der Waals surface area contributed by atoms with Crippen LogP contribution in [0, 0.1) is 0 Å². The molecule has 0 atom stereocenters. The first-order valence-corrected chi connectivity index (χ1v) is 3.96. The first-order chi connectivity index (χ1) is 5.95. The molecular weight excluding hydrogens is 237 g/mol. The third-order valence-corrected chi connectivity index (χ3v) is 1.57. The molecule has 0 aromatic rings. The number of carbonyl (C=O) groups excluding carboxylic acids is 1. The molecule has 0 aliphatic carbocycles. The Morgan fingerprint density at radius 3 is 2.54 bits per heavy atom. The molecule has 0 aromatic heterocycles. The predicted octanol–water partition coefficient (Wildman–Crippen LogP) is -0.756. The van der Waals surface area contributed by atoms with Crippen molar-refractivity contribution in [1.82, 2.24) is 5.43 Å². The number of allylic oxidation sites excluding steroid dienone is 1. The van der Waals surface area contributed by atoms with Gasteiger partial charge in [-0.3, -0.25) is 5.43 Å². The largest absolute Gasteiger partial charge is 0.544 e. The number of nitrogens with one attached hydrogen (secondary N) is 1. The number of hydrogen-bond acceptors (Lipinski definition) is 4. The Bertz CT molecular complexity index is 290. The van der Waals surface area contributed by atoms with E-state index < -0.39 is 11.0 Å². The molecule has 0 radical (unpaired) electrons. The number of aliphatic carboxylic acids is 1. The fourth-order valence-corrected chi connectivity index (χ4v) is 0.534. The van der Waals surface area contributed by atoms with E-state index in [1.807, 2.05) is 0 Å². The molecule has 5 nitrogen and oxygen atoms in total. The third kappa shape index (κ3) is 5.40. The van der Waals surface area contributed by atoms with Crippen LogP contribution in [0.3, 0.4) is 0 Å². The van der Waals surface area contributed by atoms with E-state index in [2.05, 4.69) is 22.7 Å². The summed E-state index contributed by atoms with van der Waals surface area (Å²) in [5.41, 5.74) is 7.16. The molecule has 0 fully saturated rings. The van der Waals surface area contributed by atoms with Crippen molar-refractivity contribution in [3.05, 3.63) is 10.1 Å². The minimum absolute atomic E-state index is 0.0784. The van der Waals surface area contributed by atoms with Crippen molar-refractivity contribution in [2.45, 2.75) is 0 Å². The summed E-state index contributed by atoms with van der Waals surface area (Å²) in [5, 5.41) is 12.5. The molecule has 0 aliphatic rings. The van der Waals surface area contributed by atoms with Crippen LogP contribution in [0.15, 0.2) is 15.2 Å². The lowest BCUT2D eigenvalue weighted by Crippen LogP contribution is -2.24. The number of carboxylic acids is 1. The number of nitrogens with two attached hydrogens (primary N) is 1. The van der Waals surface area contributed by atoms with Crippen molar-refractivity contribution in [1.29, 1.82) is 0 Å². The normalized spacial score (nSPS) is 12.5. The molecule has 0 heterocycles. The fraction of sp³-hybridized carbons (Fsp3) is 0. The molecule has 0 amide bonds. The van der Waals surface area contributed by atoms with Crippen LogP contribution in [0.25, 0.3) is 0 Å². The Hall–Kier alpha value is -0.850. The van der Waals surface area contributed by atoms with Gasteiger partial charge in [-0.25, -0.2) is 0 Å². The van der Waals surface area contributed by atoms with E-state index in [9.17, 15) is 9.90 Å². The number of carbonyl (C=O) groups is 1. The topological polar surface area (TPSA) is 90.5 Å². The summed E-state index contributed by atoms with van der Waals surface area (Å²) in [6.45, 7) is 0. The minimum Gasteiger partial charge on any atom is -0.544 e. The zero-order valence-corrected chi connectivity index (χ0v) is 8.41. The van der Waals surface area contributed by atoms with Gasteiger partial charge in [-0.1, -0.05) is 23.2 Å². The van der Waals surface area contributed by atoms with Gasteiger partial charge in [0.25, 0.3) is 0 Å². The average Bonchev–Trinajstić information content (AvgIpc) is 2.02. The molecule has 0 aliphatic heterocycles. The summed E-state index contributed by atoms with van der Waals surface area (Å²) in [6, 6.07) is 0. The maximum Gasteiger partial charge on any atom is 0.184 e. The highest BCUT2D eigenvalue weighted by Crippen LogP contribution is 2.10. The van der Waals surface area contributed by atoms with Gasteiger partial charge in [0.15, 0.2) is 5.11 Å². The molecular formula is C5H4Cl2N3O2S-. The first kappa shape index (κ1) is 12.2. The van der Waals surface area contributed by atoms with Crippen LogP contribution in [0.2, 0.25) is 0 Å². The Kier molecular flexibility index (Phi) is 5.36. The van der Waals surface area contributed by atoms with Crippen LogP contribution in [-0.2, 0) is 4.79 Å². The molecule has 0 bridgehead atoms. The molecule has 3 N–H and O–H groups in total. The molecule has 0 saturated heterocycles. The van der Waals surface area contributed by atoms with Crippen molar-refractivity contribution in [2.24, 2.45) is 10.8 Å². The van der Waals surface area contributed by atoms with Crippen LogP contribution >= 0.6 is 35.4 Å². The maximum absolute atomic E-state index is 10.1. The van der Waals surface area contributed by atoms with E-state index in [4.69, 9.17) is 28.9 Å². The van der Waals surface area contributed by atoms with Gasteiger partial charge in [0.05, 0.1) is 22.2 Å². The molecule has 0 spiro atoms. The van der Waals surface area contributed by atoms with Crippen LogP contribution < -0.4 is 16.3 Å². The Morgan fingerprint density at radius 1 is 1.62 bits per heavy atom.